The molecule has 0 saturated heterocycles. The minimum atomic E-state index is -3.07. The Balaban J connectivity index is 2.67. The van der Waals surface area contributed by atoms with Crippen LogP contribution in [0.25, 0.3) is 11.3 Å². The first-order valence-corrected chi connectivity index (χ1v) is 6.08. The summed E-state index contributed by atoms with van der Waals surface area (Å²) in [5.41, 5.74) is 0.318. The third-order valence-corrected chi connectivity index (χ3v) is 3.07. The molecule has 7 heteroatoms. The van der Waals surface area contributed by atoms with Crippen LogP contribution in [-0.4, -0.2) is 28.0 Å². The van der Waals surface area contributed by atoms with E-state index in [0.717, 1.165) is 6.92 Å². The van der Waals surface area contributed by atoms with Gasteiger partial charge in [-0.1, -0.05) is 6.07 Å². The number of ether oxygens (including phenoxy) is 1. The summed E-state index contributed by atoms with van der Waals surface area (Å²) in [6.45, 7) is 0.778. The predicted octanol–water partition coefficient (Wildman–Crippen LogP) is 2.91. The van der Waals surface area contributed by atoms with E-state index in [1.165, 1.54) is 37.0 Å². The van der Waals surface area contributed by atoms with Gasteiger partial charge in [-0.05, 0) is 18.2 Å². The van der Waals surface area contributed by atoms with Crippen LogP contribution in [0.15, 0.2) is 24.3 Å². The van der Waals surface area contributed by atoms with Crippen molar-refractivity contribution in [3.8, 4) is 17.0 Å². The van der Waals surface area contributed by atoms with Crippen LogP contribution in [0.1, 0.15) is 23.0 Å². The third-order valence-electron chi connectivity index (χ3n) is 3.07. The van der Waals surface area contributed by atoms with Gasteiger partial charge in [0.15, 0.2) is 5.69 Å². The molecular formula is C14H14F2N2O3. The van der Waals surface area contributed by atoms with E-state index in [9.17, 15) is 13.6 Å². The Morgan fingerprint density at radius 1 is 1.43 bits per heavy atom. The van der Waals surface area contributed by atoms with E-state index >= 15 is 0 Å². The maximum atomic E-state index is 13.6. The van der Waals surface area contributed by atoms with Crippen molar-refractivity contribution in [3.63, 3.8) is 0 Å². The van der Waals surface area contributed by atoms with Crippen LogP contribution in [-0.2, 0) is 13.0 Å². The molecule has 0 aliphatic carbocycles. The Morgan fingerprint density at radius 3 is 2.57 bits per heavy atom. The topological polar surface area (TPSA) is 64.3 Å². The molecule has 2 aromatic rings. The van der Waals surface area contributed by atoms with E-state index in [1.807, 2.05) is 0 Å². The standard InChI is InChI=1S/C14H14F2N2O3/c1-14(15,16)9-6-4-5-8(12(9)21-3)11-7-10(13(19)20)17-18(11)2/h4-7H,1-3H3,(H,19,20). The van der Waals surface area contributed by atoms with Crippen molar-refractivity contribution >= 4 is 5.97 Å². The molecule has 0 aliphatic rings. The first kappa shape index (κ1) is 15.0. The maximum absolute atomic E-state index is 13.6. The van der Waals surface area contributed by atoms with Gasteiger partial charge in [0.1, 0.15) is 5.75 Å². The molecule has 1 aromatic heterocycles. The fourth-order valence-electron chi connectivity index (χ4n) is 2.13. The molecule has 1 aromatic carbocycles. The molecule has 5 nitrogen and oxygen atoms in total. The Kier molecular flexibility index (Phi) is 3.67. The number of aromatic carboxylic acids is 1. The Bertz CT molecular complexity index is 690. The minimum Gasteiger partial charge on any atom is -0.496 e. The number of para-hydroxylation sites is 1. The molecule has 112 valence electrons. The fraction of sp³-hybridized carbons (Fsp3) is 0.286. The average molecular weight is 296 g/mol. The zero-order valence-electron chi connectivity index (χ0n) is 11.7. The normalized spacial score (nSPS) is 11.5. The second kappa shape index (κ2) is 5.16. The highest BCUT2D eigenvalue weighted by atomic mass is 19.3. The lowest BCUT2D eigenvalue weighted by Gasteiger charge is -2.18. The second-order valence-corrected chi connectivity index (χ2v) is 4.62. The van der Waals surface area contributed by atoms with Gasteiger partial charge < -0.3 is 9.84 Å². The van der Waals surface area contributed by atoms with Gasteiger partial charge in [-0.3, -0.25) is 4.68 Å². The fourth-order valence-corrected chi connectivity index (χ4v) is 2.13. The SMILES string of the molecule is COc1c(-c2cc(C(=O)O)nn2C)cccc1C(C)(F)F. The minimum absolute atomic E-state index is 0.00457. The van der Waals surface area contributed by atoms with Gasteiger partial charge in [0.2, 0.25) is 0 Å². The number of aromatic nitrogens is 2. The zero-order chi connectivity index (χ0) is 15.8. The Morgan fingerprint density at radius 2 is 2.10 bits per heavy atom. The molecule has 0 amide bonds. The van der Waals surface area contributed by atoms with Gasteiger partial charge in [-0.25, -0.2) is 13.6 Å². The summed E-state index contributed by atoms with van der Waals surface area (Å²) in [6, 6.07) is 5.64. The smallest absolute Gasteiger partial charge is 0.356 e. The summed E-state index contributed by atoms with van der Waals surface area (Å²) in [5, 5.41) is 12.8. The van der Waals surface area contributed by atoms with Gasteiger partial charge in [-0.2, -0.15) is 5.10 Å². The van der Waals surface area contributed by atoms with Gasteiger partial charge in [-0.15, -0.1) is 0 Å². The number of benzene rings is 1. The van der Waals surface area contributed by atoms with Crippen molar-refractivity contribution in [2.75, 3.05) is 7.11 Å². The molecule has 0 saturated carbocycles. The van der Waals surface area contributed by atoms with E-state index < -0.39 is 11.9 Å². The van der Waals surface area contributed by atoms with E-state index in [0.29, 0.717) is 11.3 Å². The van der Waals surface area contributed by atoms with E-state index in [1.54, 1.807) is 6.07 Å². The molecule has 0 fully saturated rings. The third kappa shape index (κ3) is 2.72. The molecule has 0 unspecified atom stereocenters. The predicted molar refractivity (Wildman–Crippen MR) is 71.7 cm³/mol. The molecule has 0 atom stereocenters. The number of aryl methyl sites for hydroxylation is 1. The lowest BCUT2D eigenvalue weighted by Crippen LogP contribution is -2.10. The maximum Gasteiger partial charge on any atom is 0.356 e. The summed E-state index contributed by atoms with van der Waals surface area (Å²) in [5.74, 6) is -4.26. The molecule has 0 radical (unpaired) electrons. The molecule has 1 N–H and O–H groups in total. The highest BCUT2D eigenvalue weighted by Crippen LogP contribution is 2.40. The molecule has 0 aliphatic heterocycles. The van der Waals surface area contributed by atoms with E-state index in [4.69, 9.17) is 9.84 Å². The summed E-state index contributed by atoms with van der Waals surface area (Å²) in [6.07, 6.45) is 0. The number of rotatable bonds is 4. The van der Waals surface area contributed by atoms with Crippen LogP contribution in [0, 0.1) is 0 Å². The van der Waals surface area contributed by atoms with Crippen LogP contribution in [0.5, 0.6) is 5.75 Å². The van der Waals surface area contributed by atoms with Crippen LogP contribution >= 0.6 is 0 Å². The van der Waals surface area contributed by atoms with Gasteiger partial charge in [0.05, 0.1) is 18.4 Å². The summed E-state index contributed by atoms with van der Waals surface area (Å²) in [7, 11) is 2.83. The van der Waals surface area contributed by atoms with Crippen molar-refractivity contribution in [2.45, 2.75) is 12.8 Å². The lowest BCUT2D eigenvalue weighted by atomic mass is 10.0. The number of carboxylic acid groups (broad SMARTS) is 1. The number of nitrogens with zero attached hydrogens (tertiary/aromatic N) is 2. The van der Waals surface area contributed by atoms with Crippen molar-refractivity contribution in [2.24, 2.45) is 7.05 Å². The van der Waals surface area contributed by atoms with E-state index in [2.05, 4.69) is 5.10 Å². The number of methoxy groups -OCH3 is 1. The van der Waals surface area contributed by atoms with Crippen molar-refractivity contribution in [3.05, 3.63) is 35.5 Å². The van der Waals surface area contributed by atoms with Gasteiger partial charge >= 0.3 is 5.97 Å². The first-order chi connectivity index (χ1) is 9.75. The monoisotopic (exact) mass is 296 g/mol. The average Bonchev–Trinajstić information content (AvgIpc) is 2.79. The summed E-state index contributed by atoms with van der Waals surface area (Å²) < 4.78 is 33.7. The molecule has 21 heavy (non-hydrogen) atoms. The Labute approximate surface area is 119 Å². The number of hydrogen-bond donors (Lipinski definition) is 1. The van der Waals surface area contributed by atoms with Gasteiger partial charge in [0, 0.05) is 19.5 Å². The van der Waals surface area contributed by atoms with E-state index in [-0.39, 0.29) is 17.0 Å². The highest BCUT2D eigenvalue weighted by molar-refractivity contribution is 5.87. The number of alkyl halides is 2. The highest BCUT2D eigenvalue weighted by Gasteiger charge is 2.30. The van der Waals surface area contributed by atoms with Crippen molar-refractivity contribution in [1.29, 1.82) is 0 Å². The Hall–Kier alpha value is -2.44. The quantitative estimate of drug-likeness (QED) is 0.942. The largest absolute Gasteiger partial charge is 0.496 e. The van der Waals surface area contributed by atoms with Crippen LogP contribution in [0.2, 0.25) is 0 Å². The first-order valence-electron chi connectivity index (χ1n) is 6.08. The molecule has 2 rings (SSSR count). The summed E-state index contributed by atoms with van der Waals surface area (Å²) >= 11 is 0. The molecule has 1 heterocycles. The van der Waals surface area contributed by atoms with Crippen molar-refractivity contribution < 1.29 is 23.4 Å². The molecule has 0 spiro atoms. The summed E-state index contributed by atoms with van der Waals surface area (Å²) in [4.78, 5) is 11.0. The number of carboxylic acids is 1. The number of halogens is 2. The van der Waals surface area contributed by atoms with Crippen molar-refractivity contribution in [1.82, 2.24) is 9.78 Å². The molecule has 0 bridgehead atoms. The second-order valence-electron chi connectivity index (χ2n) is 4.62. The number of hydrogen-bond acceptors (Lipinski definition) is 3. The lowest BCUT2D eigenvalue weighted by molar-refractivity contribution is 0.0151. The van der Waals surface area contributed by atoms with Crippen LogP contribution in [0.4, 0.5) is 8.78 Å². The van der Waals surface area contributed by atoms with Crippen LogP contribution in [0.3, 0.4) is 0 Å². The van der Waals surface area contributed by atoms with Crippen LogP contribution < -0.4 is 4.74 Å². The van der Waals surface area contributed by atoms with Gasteiger partial charge in [0.25, 0.3) is 5.92 Å². The molecular weight excluding hydrogens is 282 g/mol. The number of carbonyl (C=O) groups is 1. The zero-order valence-corrected chi connectivity index (χ0v) is 11.7.